The molecule has 2 aliphatic heterocycles. The second kappa shape index (κ2) is 4.38. The minimum Gasteiger partial charge on any atom is -0.338 e. The third-order valence-corrected chi connectivity index (χ3v) is 3.82. The summed E-state index contributed by atoms with van der Waals surface area (Å²) in [4.78, 5) is 6.87. The summed E-state index contributed by atoms with van der Waals surface area (Å²) in [5, 5.41) is 7.45. The maximum atomic E-state index is 5.29. The van der Waals surface area contributed by atoms with Crippen molar-refractivity contribution >= 4 is 0 Å². The minimum absolute atomic E-state index is 0.342. The van der Waals surface area contributed by atoms with Gasteiger partial charge in [-0.3, -0.25) is 4.90 Å². The molecule has 0 bridgehead atoms. The van der Waals surface area contributed by atoms with Gasteiger partial charge in [-0.1, -0.05) is 19.0 Å². The predicted molar refractivity (Wildman–Crippen MR) is 63.5 cm³/mol. The SMILES string of the molecule is CC(C)c1noc(CN2C[C@H]3CNC[C@H]3C2)n1. The van der Waals surface area contributed by atoms with Crippen molar-refractivity contribution in [1.29, 1.82) is 0 Å². The molecular weight excluding hydrogens is 216 g/mol. The average Bonchev–Trinajstić information content (AvgIpc) is 2.91. The summed E-state index contributed by atoms with van der Waals surface area (Å²) in [5.74, 6) is 3.57. The van der Waals surface area contributed by atoms with E-state index in [1.165, 1.54) is 13.1 Å². The van der Waals surface area contributed by atoms with Crippen molar-refractivity contribution in [2.45, 2.75) is 26.3 Å². The number of hydrogen-bond donors (Lipinski definition) is 1. The van der Waals surface area contributed by atoms with Crippen LogP contribution in [0.25, 0.3) is 0 Å². The fraction of sp³-hybridized carbons (Fsp3) is 0.833. The zero-order valence-electron chi connectivity index (χ0n) is 10.5. The van der Waals surface area contributed by atoms with Gasteiger partial charge in [-0.05, 0) is 24.9 Å². The van der Waals surface area contributed by atoms with E-state index in [9.17, 15) is 0 Å². The first-order chi connectivity index (χ1) is 8.22. The van der Waals surface area contributed by atoms with Crippen LogP contribution in [-0.4, -0.2) is 41.2 Å². The highest BCUT2D eigenvalue weighted by Gasteiger charge is 2.36. The van der Waals surface area contributed by atoms with Gasteiger partial charge in [0.1, 0.15) is 0 Å². The largest absolute Gasteiger partial charge is 0.338 e. The number of nitrogens with one attached hydrogen (secondary N) is 1. The van der Waals surface area contributed by atoms with Crippen LogP contribution in [0.4, 0.5) is 0 Å². The van der Waals surface area contributed by atoms with E-state index in [0.29, 0.717) is 5.92 Å². The standard InChI is InChI=1S/C12H20N4O/c1-8(2)12-14-11(17-15-12)7-16-5-9-3-13-4-10(9)6-16/h8-10,13H,3-7H2,1-2H3/t9-,10+. The molecule has 0 radical (unpaired) electrons. The summed E-state index contributed by atoms with van der Waals surface area (Å²) < 4.78 is 5.29. The molecule has 0 unspecified atom stereocenters. The van der Waals surface area contributed by atoms with E-state index in [1.54, 1.807) is 0 Å². The second-order valence-corrected chi connectivity index (χ2v) is 5.57. The van der Waals surface area contributed by atoms with E-state index in [-0.39, 0.29) is 0 Å². The molecule has 94 valence electrons. The predicted octanol–water partition coefficient (Wildman–Crippen LogP) is 0.844. The Labute approximate surface area is 102 Å². The van der Waals surface area contributed by atoms with Crippen LogP contribution in [0.3, 0.4) is 0 Å². The molecule has 1 aromatic rings. The van der Waals surface area contributed by atoms with Gasteiger partial charge in [0, 0.05) is 19.0 Å². The van der Waals surface area contributed by atoms with Crippen LogP contribution in [0, 0.1) is 11.8 Å². The normalized spacial score (nSPS) is 29.1. The molecule has 0 aromatic carbocycles. The Kier molecular flexibility index (Phi) is 2.88. The number of fused-ring (bicyclic) bond motifs is 1. The topological polar surface area (TPSA) is 54.2 Å². The van der Waals surface area contributed by atoms with E-state index in [0.717, 1.165) is 43.2 Å². The van der Waals surface area contributed by atoms with Gasteiger partial charge in [-0.25, -0.2) is 0 Å². The Morgan fingerprint density at radius 1 is 1.35 bits per heavy atom. The van der Waals surface area contributed by atoms with Crippen molar-refractivity contribution in [3.63, 3.8) is 0 Å². The van der Waals surface area contributed by atoms with Crippen LogP contribution in [0.2, 0.25) is 0 Å². The number of rotatable bonds is 3. The van der Waals surface area contributed by atoms with E-state index in [1.807, 2.05) is 0 Å². The summed E-state index contributed by atoms with van der Waals surface area (Å²) in [7, 11) is 0. The molecule has 5 nitrogen and oxygen atoms in total. The minimum atomic E-state index is 0.342. The third-order valence-electron chi connectivity index (χ3n) is 3.82. The van der Waals surface area contributed by atoms with Gasteiger partial charge in [0.15, 0.2) is 5.82 Å². The summed E-state index contributed by atoms with van der Waals surface area (Å²) >= 11 is 0. The first kappa shape index (κ1) is 11.2. The van der Waals surface area contributed by atoms with Crippen molar-refractivity contribution in [2.24, 2.45) is 11.8 Å². The molecule has 0 spiro atoms. The Morgan fingerprint density at radius 3 is 2.65 bits per heavy atom. The van der Waals surface area contributed by atoms with Crippen LogP contribution >= 0.6 is 0 Å². The van der Waals surface area contributed by atoms with Crippen LogP contribution in [0.5, 0.6) is 0 Å². The maximum Gasteiger partial charge on any atom is 0.240 e. The van der Waals surface area contributed by atoms with Crippen molar-refractivity contribution in [3.8, 4) is 0 Å². The molecule has 2 atom stereocenters. The highest BCUT2D eigenvalue weighted by Crippen LogP contribution is 2.27. The quantitative estimate of drug-likeness (QED) is 0.843. The fourth-order valence-electron chi connectivity index (χ4n) is 2.84. The van der Waals surface area contributed by atoms with Crippen molar-refractivity contribution < 1.29 is 4.52 Å². The highest BCUT2D eigenvalue weighted by molar-refractivity contribution is 4.95. The molecule has 1 N–H and O–H groups in total. The molecule has 2 aliphatic rings. The number of nitrogens with zero attached hydrogens (tertiary/aromatic N) is 3. The molecule has 0 saturated carbocycles. The Bertz CT molecular complexity index is 378. The average molecular weight is 236 g/mol. The van der Waals surface area contributed by atoms with Gasteiger partial charge < -0.3 is 9.84 Å². The lowest BCUT2D eigenvalue weighted by atomic mass is 10.0. The second-order valence-electron chi connectivity index (χ2n) is 5.57. The first-order valence-corrected chi connectivity index (χ1v) is 6.48. The van der Waals surface area contributed by atoms with Gasteiger partial charge in [0.25, 0.3) is 0 Å². The zero-order valence-corrected chi connectivity index (χ0v) is 10.5. The summed E-state index contributed by atoms with van der Waals surface area (Å²) in [6.45, 7) is 9.65. The Hall–Kier alpha value is -0.940. The van der Waals surface area contributed by atoms with Gasteiger partial charge in [-0.15, -0.1) is 0 Å². The van der Waals surface area contributed by atoms with Crippen LogP contribution < -0.4 is 5.32 Å². The van der Waals surface area contributed by atoms with Gasteiger partial charge in [0.2, 0.25) is 5.89 Å². The molecule has 3 heterocycles. The van der Waals surface area contributed by atoms with Crippen LogP contribution in [-0.2, 0) is 6.54 Å². The summed E-state index contributed by atoms with van der Waals surface area (Å²) in [6, 6.07) is 0. The lowest BCUT2D eigenvalue weighted by molar-refractivity contribution is 0.253. The number of likely N-dealkylation sites (tertiary alicyclic amines) is 1. The van der Waals surface area contributed by atoms with E-state index in [4.69, 9.17) is 4.52 Å². The number of hydrogen-bond acceptors (Lipinski definition) is 5. The van der Waals surface area contributed by atoms with Gasteiger partial charge in [-0.2, -0.15) is 4.98 Å². The molecule has 5 heteroatoms. The first-order valence-electron chi connectivity index (χ1n) is 6.48. The van der Waals surface area contributed by atoms with Gasteiger partial charge in [0.05, 0.1) is 6.54 Å². The van der Waals surface area contributed by atoms with Crippen molar-refractivity contribution in [1.82, 2.24) is 20.4 Å². The Morgan fingerprint density at radius 2 is 2.06 bits per heavy atom. The molecule has 2 saturated heterocycles. The monoisotopic (exact) mass is 236 g/mol. The smallest absolute Gasteiger partial charge is 0.240 e. The fourth-order valence-corrected chi connectivity index (χ4v) is 2.84. The number of aromatic nitrogens is 2. The molecule has 17 heavy (non-hydrogen) atoms. The van der Waals surface area contributed by atoms with E-state index >= 15 is 0 Å². The zero-order chi connectivity index (χ0) is 11.8. The molecule has 3 rings (SSSR count). The summed E-state index contributed by atoms with van der Waals surface area (Å²) in [6.07, 6.45) is 0. The molecule has 0 aliphatic carbocycles. The molecule has 1 aromatic heterocycles. The lowest BCUT2D eigenvalue weighted by Crippen LogP contribution is -2.25. The van der Waals surface area contributed by atoms with Crippen molar-refractivity contribution in [3.05, 3.63) is 11.7 Å². The van der Waals surface area contributed by atoms with Crippen LogP contribution in [0.15, 0.2) is 4.52 Å². The third kappa shape index (κ3) is 2.21. The van der Waals surface area contributed by atoms with E-state index < -0.39 is 0 Å². The van der Waals surface area contributed by atoms with Crippen molar-refractivity contribution in [2.75, 3.05) is 26.2 Å². The highest BCUT2D eigenvalue weighted by atomic mass is 16.5. The lowest BCUT2D eigenvalue weighted by Gasteiger charge is -2.13. The van der Waals surface area contributed by atoms with Crippen LogP contribution in [0.1, 0.15) is 31.5 Å². The molecular formula is C12H20N4O. The Balaban J connectivity index is 1.60. The maximum absolute atomic E-state index is 5.29. The van der Waals surface area contributed by atoms with Gasteiger partial charge >= 0.3 is 0 Å². The summed E-state index contributed by atoms with van der Waals surface area (Å²) in [5.41, 5.74) is 0. The molecule has 2 fully saturated rings. The molecule has 0 amide bonds. The van der Waals surface area contributed by atoms with E-state index in [2.05, 4.69) is 34.2 Å².